The molecule has 0 spiro atoms. The normalized spacial score (nSPS) is 22.1. The number of hydrogen-bond donors (Lipinski definition) is 0. The average molecular weight is 366 g/mol. The maximum atomic E-state index is 12.1. The van der Waals surface area contributed by atoms with Crippen molar-refractivity contribution in [2.45, 2.75) is 52.2 Å². The molecule has 0 amide bonds. The van der Waals surface area contributed by atoms with E-state index >= 15 is 0 Å². The van der Waals surface area contributed by atoms with Gasteiger partial charge in [0.05, 0.1) is 6.61 Å². The minimum atomic E-state index is -0.0547. The second-order valence-electron chi connectivity index (χ2n) is 7.69. The molecule has 0 saturated heterocycles. The molecule has 144 valence electrons. The number of carbonyl (C=O) groups excluding carboxylic acids is 1. The Balaban J connectivity index is 1.81. The minimum Gasteiger partial charge on any atom is -0.466 e. The standard InChI is InChI=1S/C24H31NO2/c1-3-27-23(26)16-22-15-14-19(2)24(22)25(17-20-10-6-4-7-11-20)18-21-12-8-5-9-13-21/h4-13,19,22,24H,3,14-18H2,1-2H3/t19-,22+,24+/m0/s1. The van der Waals surface area contributed by atoms with Crippen LogP contribution in [0.1, 0.15) is 44.2 Å². The Hall–Kier alpha value is -2.13. The first-order chi connectivity index (χ1) is 13.2. The van der Waals surface area contributed by atoms with Crippen LogP contribution in [0.4, 0.5) is 0 Å². The van der Waals surface area contributed by atoms with Crippen LogP contribution in [0.5, 0.6) is 0 Å². The van der Waals surface area contributed by atoms with Gasteiger partial charge in [0.25, 0.3) is 0 Å². The van der Waals surface area contributed by atoms with Gasteiger partial charge in [0.15, 0.2) is 0 Å². The zero-order chi connectivity index (χ0) is 19.1. The quantitative estimate of drug-likeness (QED) is 0.613. The number of rotatable bonds is 8. The van der Waals surface area contributed by atoms with Gasteiger partial charge in [0.1, 0.15) is 0 Å². The summed E-state index contributed by atoms with van der Waals surface area (Å²) in [6, 6.07) is 21.7. The van der Waals surface area contributed by atoms with Crippen LogP contribution in [0.15, 0.2) is 60.7 Å². The molecule has 1 saturated carbocycles. The van der Waals surface area contributed by atoms with Gasteiger partial charge in [-0.25, -0.2) is 0 Å². The molecular formula is C24H31NO2. The van der Waals surface area contributed by atoms with Crippen LogP contribution in [0.3, 0.4) is 0 Å². The first-order valence-corrected chi connectivity index (χ1v) is 10.1. The van der Waals surface area contributed by atoms with Gasteiger partial charge in [-0.3, -0.25) is 9.69 Å². The van der Waals surface area contributed by atoms with Crippen molar-refractivity contribution in [3.63, 3.8) is 0 Å². The number of carbonyl (C=O) groups is 1. The smallest absolute Gasteiger partial charge is 0.306 e. The molecule has 1 aliphatic carbocycles. The highest BCUT2D eigenvalue weighted by Crippen LogP contribution is 2.38. The summed E-state index contributed by atoms with van der Waals surface area (Å²) in [5.74, 6) is 0.893. The molecule has 1 fully saturated rings. The molecule has 3 nitrogen and oxygen atoms in total. The number of ether oxygens (including phenoxy) is 1. The Morgan fingerprint density at radius 2 is 1.52 bits per heavy atom. The molecule has 0 heterocycles. The molecule has 0 aromatic heterocycles. The fourth-order valence-electron chi connectivity index (χ4n) is 4.50. The predicted octanol–water partition coefficient (Wildman–Crippen LogP) is 5.06. The Kier molecular flexibility index (Phi) is 7.05. The molecule has 1 aliphatic rings. The van der Waals surface area contributed by atoms with Crippen molar-refractivity contribution in [3.8, 4) is 0 Å². The maximum absolute atomic E-state index is 12.1. The van der Waals surface area contributed by atoms with Gasteiger partial charge in [-0.2, -0.15) is 0 Å². The molecule has 0 N–H and O–H groups in total. The van der Waals surface area contributed by atoms with Crippen LogP contribution in [-0.4, -0.2) is 23.5 Å². The summed E-state index contributed by atoms with van der Waals surface area (Å²) in [5, 5.41) is 0. The van der Waals surface area contributed by atoms with E-state index < -0.39 is 0 Å². The van der Waals surface area contributed by atoms with E-state index in [0.717, 1.165) is 19.5 Å². The molecule has 3 heteroatoms. The summed E-state index contributed by atoms with van der Waals surface area (Å²) in [6.45, 7) is 6.49. The lowest BCUT2D eigenvalue weighted by Gasteiger charge is -2.36. The van der Waals surface area contributed by atoms with E-state index in [-0.39, 0.29) is 5.97 Å². The van der Waals surface area contributed by atoms with Crippen LogP contribution < -0.4 is 0 Å². The largest absolute Gasteiger partial charge is 0.466 e. The zero-order valence-electron chi connectivity index (χ0n) is 16.5. The fourth-order valence-corrected chi connectivity index (χ4v) is 4.50. The van der Waals surface area contributed by atoms with Crippen LogP contribution in [0.25, 0.3) is 0 Å². The van der Waals surface area contributed by atoms with Crippen LogP contribution in [0, 0.1) is 11.8 Å². The van der Waals surface area contributed by atoms with Crippen molar-refractivity contribution < 1.29 is 9.53 Å². The van der Waals surface area contributed by atoms with Crippen LogP contribution in [-0.2, 0) is 22.6 Å². The van der Waals surface area contributed by atoms with Crippen molar-refractivity contribution >= 4 is 5.97 Å². The monoisotopic (exact) mass is 365 g/mol. The van der Waals surface area contributed by atoms with Gasteiger partial charge < -0.3 is 4.74 Å². The van der Waals surface area contributed by atoms with Crippen LogP contribution in [0.2, 0.25) is 0 Å². The number of nitrogens with zero attached hydrogens (tertiary/aromatic N) is 1. The highest BCUT2D eigenvalue weighted by Gasteiger charge is 2.38. The molecule has 0 bridgehead atoms. The highest BCUT2D eigenvalue weighted by molar-refractivity contribution is 5.69. The second-order valence-corrected chi connectivity index (χ2v) is 7.69. The van der Waals surface area contributed by atoms with Crippen molar-refractivity contribution in [3.05, 3.63) is 71.8 Å². The summed E-state index contributed by atoms with van der Waals surface area (Å²) in [7, 11) is 0. The molecule has 0 aliphatic heterocycles. The zero-order valence-corrected chi connectivity index (χ0v) is 16.5. The van der Waals surface area contributed by atoms with E-state index in [1.165, 1.54) is 17.5 Å². The van der Waals surface area contributed by atoms with Gasteiger partial charge in [0.2, 0.25) is 0 Å². The number of benzene rings is 2. The average Bonchev–Trinajstić information content (AvgIpc) is 3.03. The molecule has 0 unspecified atom stereocenters. The molecule has 27 heavy (non-hydrogen) atoms. The summed E-state index contributed by atoms with van der Waals surface area (Å²) in [5.41, 5.74) is 2.64. The van der Waals surface area contributed by atoms with E-state index in [0.29, 0.717) is 30.9 Å². The van der Waals surface area contributed by atoms with E-state index in [1.54, 1.807) is 0 Å². The Labute approximate surface area is 163 Å². The lowest BCUT2D eigenvalue weighted by atomic mass is 9.93. The van der Waals surface area contributed by atoms with Crippen molar-refractivity contribution in [1.82, 2.24) is 4.90 Å². The number of esters is 1. The SMILES string of the molecule is CCOC(=O)C[C@H]1CC[C@H](C)[C@H]1N(Cc1ccccc1)Cc1ccccc1. The summed E-state index contributed by atoms with van der Waals surface area (Å²) >= 11 is 0. The number of hydrogen-bond acceptors (Lipinski definition) is 3. The van der Waals surface area contributed by atoms with Crippen molar-refractivity contribution in [1.29, 1.82) is 0 Å². The molecule has 3 rings (SSSR count). The van der Waals surface area contributed by atoms with Crippen molar-refractivity contribution in [2.75, 3.05) is 6.61 Å². The van der Waals surface area contributed by atoms with E-state index in [1.807, 2.05) is 6.92 Å². The second kappa shape index (κ2) is 9.70. The third kappa shape index (κ3) is 5.43. The topological polar surface area (TPSA) is 29.5 Å². The Morgan fingerprint density at radius 1 is 0.963 bits per heavy atom. The van der Waals surface area contributed by atoms with Crippen LogP contribution >= 0.6 is 0 Å². The van der Waals surface area contributed by atoms with E-state index in [4.69, 9.17) is 4.74 Å². The van der Waals surface area contributed by atoms with Gasteiger partial charge in [-0.05, 0) is 42.7 Å². The Bertz CT molecular complexity index is 659. The fraction of sp³-hybridized carbons (Fsp3) is 0.458. The van der Waals surface area contributed by atoms with Crippen molar-refractivity contribution in [2.24, 2.45) is 11.8 Å². The third-order valence-corrected chi connectivity index (χ3v) is 5.67. The summed E-state index contributed by atoms with van der Waals surface area (Å²) in [4.78, 5) is 14.7. The molecular weight excluding hydrogens is 334 g/mol. The van der Waals surface area contributed by atoms with Gasteiger partial charge in [-0.1, -0.05) is 67.6 Å². The van der Waals surface area contributed by atoms with Gasteiger partial charge >= 0.3 is 5.97 Å². The summed E-state index contributed by atoms with van der Waals surface area (Å²) in [6.07, 6.45) is 2.81. The molecule has 2 aromatic rings. The first-order valence-electron chi connectivity index (χ1n) is 10.1. The molecule has 3 atom stereocenters. The summed E-state index contributed by atoms with van der Waals surface area (Å²) < 4.78 is 5.25. The molecule has 2 aromatic carbocycles. The van der Waals surface area contributed by atoms with Gasteiger partial charge in [-0.15, -0.1) is 0 Å². The Morgan fingerprint density at radius 3 is 2.04 bits per heavy atom. The molecule has 0 radical (unpaired) electrons. The minimum absolute atomic E-state index is 0.0547. The lowest BCUT2D eigenvalue weighted by Crippen LogP contribution is -2.41. The maximum Gasteiger partial charge on any atom is 0.306 e. The van der Waals surface area contributed by atoms with E-state index in [9.17, 15) is 4.79 Å². The lowest BCUT2D eigenvalue weighted by molar-refractivity contribution is -0.144. The van der Waals surface area contributed by atoms with E-state index in [2.05, 4.69) is 72.5 Å². The first kappa shape index (κ1) is 19.6. The third-order valence-electron chi connectivity index (χ3n) is 5.67. The van der Waals surface area contributed by atoms with Gasteiger partial charge in [0, 0.05) is 25.6 Å². The highest BCUT2D eigenvalue weighted by atomic mass is 16.5. The predicted molar refractivity (Wildman–Crippen MR) is 109 cm³/mol.